The normalized spacial score (nSPS) is 13.2. The zero-order valence-corrected chi connectivity index (χ0v) is 26.0. The first-order valence-electron chi connectivity index (χ1n) is 16.1. The average molecular weight is 588 g/mol. The van der Waals surface area contributed by atoms with E-state index in [4.69, 9.17) is 0 Å². The van der Waals surface area contributed by atoms with Gasteiger partial charge in [0.05, 0.1) is 11.1 Å². The molecule has 0 unspecified atom stereocenters. The Balaban J connectivity index is 1.34. The van der Waals surface area contributed by atoms with Crippen molar-refractivity contribution in [3.05, 3.63) is 197 Å². The number of para-hydroxylation sites is 1. The van der Waals surface area contributed by atoms with E-state index in [0.29, 0.717) is 0 Å². The maximum Gasteiger partial charge on any atom is 0.0725 e. The van der Waals surface area contributed by atoms with Crippen LogP contribution < -0.4 is 4.90 Å². The van der Waals surface area contributed by atoms with E-state index in [9.17, 15) is 0 Å². The Morgan fingerprint density at radius 1 is 0.348 bits per heavy atom. The molecule has 2 aliphatic carbocycles. The summed E-state index contributed by atoms with van der Waals surface area (Å²) < 4.78 is 0. The number of hydrogen-bond acceptors (Lipinski definition) is 1. The Morgan fingerprint density at radius 2 is 0.761 bits per heavy atom. The summed E-state index contributed by atoms with van der Waals surface area (Å²) >= 11 is 0. The summed E-state index contributed by atoms with van der Waals surface area (Å²) in [6, 6.07) is 60.7. The molecule has 0 N–H and O–H groups in total. The molecule has 0 bridgehead atoms. The summed E-state index contributed by atoms with van der Waals surface area (Å²) in [6.45, 7) is 4.29. The lowest BCUT2D eigenvalue weighted by molar-refractivity contribution is 0.794. The Morgan fingerprint density at radius 3 is 1.33 bits per heavy atom. The van der Waals surface area contributed by atoms with Gasteiger partial charge in [-0.15, -0.1) is 0 Å². The number of aryl methyl sites for hydroxylation is 2. The fraction of sp³-hybridized carbons (Fsp3) is 0.0667. The van der Waals surface area contributed by atoms with Crippen LogP contribution in [0.3, 0.4) is 0 Å². The van der Waals surface area contributed by atoms with Crippen molar-refractivity contribution in [3.63, 3.8) is 0 Å². The van der Waals surface area contributed by atoms with Gasteiger partial charge in [0, 0.05) is 16.9 Å². The second-order valence-electron chi connectivity index (χ2n) is 12.6. The Hall–Kier alpha value is -5.66. The number of anilines is 3. The van der Waals surface area contributed by atoms with E-state index < -0.39 is 0 Å². The van der Waals surface area contributed by atoms with Gasteiger partial charge in [0.2, 0.25) is 0 Å². The molecule has 0 atom stereocenters. The highest BCUT2D eigenvalue weighted by Crippen LogP contribution is 2.64. The van der Waals surface area contributed by atoms with Crippen molar-refractivity contribution in [3.8, 4) is 33.4 Å². The van der Waals surface area contributed by atoms with Crippen LogP contribution in [0.5, 0.6) is 0 Å². The van der Waals surface area contributed by atoms with Crippen LogP contribution in [-0.2, 0) is 5.41 Å². The quantitative estimate of drug-likeness (QED) is 0.198. The highest BCUT2D eigenvalue weighted by Gasteiger charge is 2.52. The fourth-order valence-electron chi connectivity index (χ4n) is 8.08. The third kappa shape index (κ3) is 3.69. The second-order valence-corrected chi connectivity index (χ2v) is 12.6. The number of nitrogens with zero attached hydrogens (tertiary/aromatic N) is 1. The zero-order chi connectivity index (χ0) is 30.8. The summed E-state index contributed by atoms with van der Waals surface area (Å²) in [5, 5.41) is 0. The van der Waals surface area contributed by atoms with Crippen LogP contribution in [0.15, 0.2) is 164 Å². The van der Waals surface area contributed by atoms with Crippen LogP contribution in [-0.4, -0.2) is 0 Å². The van der Waals surface area contributed by atoms with Crippen LogP contribution in [0.25, 0.3) is 33.4 Å². The van der Waals surface area contributed by atoms with Gasteiger partial charge in [-0.1, -0.05) is 145 Å². The third-order valence-electron chi connectivity index (χ3n) is 10.0. The van der Waals surface area contributed by atoms with E-state index >= 15 is 0 Å². The lowest BCUT2D eigenvalue weighted by Crippen LogP contribution is -2.25. The van der Waals surface area contributed by atoms with Gasteiger partial charge in [0.15, 0.2) is 0 Å². The van der Waals surface area contributed by atoms with E-state index in [1.165, 1.54) is 66.8 Å². The van der Waals surface area contributed by atoms with Crippen LogP contribution in [0.2, 0.25) is 0 Å². The fourth-order valence-corrected chi connectivity index (χ4v) is 8.08. The molecule has 0 saturated carbocycles. The maximum absolute atomic E-state index is 2.41. The van der Waals surface area contributed by atoms with E-state index in [1.807, 2.05) is 0 Å². The van der Waals surface area contributed by atoms with E-state index in [-0.39, 0.29) is 5.41 Å². The summed E-state index contributed by atoms with van der Waals surface area (Å²) in [5.74, 6) is 0. The maximum atomic E-state index is 2.41. The molecule has 0 fully saturated rings. The molecular formula is C45H33N. The Bertz CT molecular complexity index is 2180. The van der Waals surface area contributed by atoms with Crippen molar-refractivity contribution in [2.24, 2.45) is 0 Å². The molecule has 9 rings (SSSR count). The molecule has 0 heterocycles. The molecule has 7 aromatic carbocycles. The van der Waals surface area contributed by atoms with Gasteiger partial charge >= 0.3 is 0 Å². The molecule has 218 valence electrons. The topological polar surface area (TPSA) is 3.24 Å². The minimum atomic E-state index is -0.363. The third-order valence-corrected chi connectivity index (χ3v) is 10.0. The lowest BCUT2D eigenvalue weighted by Gasteiger charge is -2.31. The molecule has 0 radical (unpaired) electrons. The second kappa shape index (κ2) is 10.2. The molecule has 2 aliphatic rings. The van der Waals surface area contributed by atoms with Crippen molar-refractivity contribution in [2.75, 3.05) is 4.90 Å². The molecule has 1 nitrogen and oxygen atoms in total. The van der Waals surface area contributed by atoms with E-state index in [0.717, 1.165) is 17.1 Å². The van der Waals surface area contributed by atoms with E-state index in [2.05, 4.69) is 183 Å². The van der Waals surface area contributed by atoms with Crippen LogP contribution in [0.1, 0.15) is 33.4 Å². The van der Waals surface area contributed by atoms with Gasteiger partial charge in [-0.25, -0.2) is 0 Å². The summed E-state index contributed by atoms with van der Waals surface area (Å²) in [6.07, 6.45) is 0. The number of rotatable bonds is 4. The van der Waals surface area contributed by atoms with Gasteiger partial charge in [-0.2, -0.15) is 0 Å². The molecule has 0 aliphatic heterocycles. The predicted molar refractivity (Wildman–Crippen MR) is 192 cm³/mol. The van der Waals surface area contributed by atoms with Crippen LogP contribution >= 0.6 is 0 Å². The largest absolute Gasteiger partial charge is 0.310 e. The highest BCUT2D eigenvalue weighted by atomic mass is 15.1. The lowest BCUT2D eigenvalue weighted by atomic mass is 9.70. The van der Waals surface area contributed by atoms with Crippen LogP contribution in [0, 0.1) is 13.8 Å². The van der Waals surface area contributed by atoms with Crippen molar-refractivity contribution in [1.82, 2.24) is 0 Å². The molecule has 46 heavy (non-hydrogen) atoms. The highest BCUT2D eigenvalue weighted by molar-refractivity contribution is 6.02. The molecule has 1 heteroatoms. The van der Waals surface area contributed by atoms with Crippen molar-refractivity contribution in [1.29, 1.82) is 0 Å². The van der Waals surface area contributed by atoms with Gasteiger partial charge in [-0.3, -0.25) is 0 Å². The number of hydrogen-bond donors (Lipinski definition) is 0. The SMILES string of the molecule is Cc1ccc(N(c2ccc(C)cc2)c2ccccc2-c2cccc3c2-c2ccccc2C32c3ccccc3-c3ccccc32)cc1. The van der Waals surface area contributed by atoms with Gasteiger partial charge in [0.1, 0.15) is 0 Å². The molecule has 0 aromatic heterocycles. The monoisotopic (exact) mass is 587 g/mol. The predicted octanol–water partition coefficient (Wildman–Crippen LogP) is 11.8. The van der Waals surface area contributed by atoms with E-state index in [1.54, 1.807) is 0 Å². The summed E-state index contributed by atoms with van der Waals surface area (Å²) in [5.41, 5.74) is 18.8. The zero-order valence-electron chi connectivity index (χ0n) is 26.0. The first-order chi connectivity index (χ1) is 22.7. The Kier molecular flexibility index (Phi) is 5.92. The van der Waals surface area contributed by atoms with Crippen molar-refractivity contribution >= 4 is 17.1 Å². The van der Waals surface area contributed by atoms with Gasteiger partial charge in [-0.05, 0) is 94.3 Å². The van der Waals surface area contributed by atoms with Crippen molar-refractivity contribution < 1.29 is 0 Å². The summed E-state index contributed by atoms with van der Waals surface area (Å²) in [4.78, 5) is 2.41. The standard InChI is InChI=1S/C45H33N/c1-30-22-26-32(27-23-30)46(33-28-24-31(2)25-29-33)43-21-10-6-14-36(43)37-16-11-20-42-44(37)38-15-5-9-19-41(38)45(42)39-17-7-3-12-34(39)35-13-4-8-18-40(35)45/h3-29H,1-2H3. The first kappa shape index (κ1) is 26.7. The van der Waals surface area contributed by atoms with Crippen LogP contribution in [0.4, 0.5) is 17.1 Å². The summed E-state index contributed by atoms with van der Waals surface area (Å²) in [7, 11) is 0. The molecule has 1 spiro atoms. The molecule has 0 saturated heterocycles. The minimum absolute atomic E-state index is 0.363. The van der Waals surface area contributed by atoms with Gasteiger partial charge < -0.3 is 4.90 Å². The van der Waals surface area contributed by atoms with Gasteiger partial charge in [0.25, 0.3) is 0 Å². The van der Waals surface area contributed by atoms with Crippen molar-refractivity contribution in [2.45, 2.75) is 19.3 Å². The molecule has 7 aromatic rings. The first-order valence-corrected chi connectivity index (χ1v) is 16.1. The Labute approximate surface area is 271 Å². The smallest absolute Gasteiger partial charge is 0.0725 e. The minimum Gasteiger partial charge on any atom is -0.310 e. The molecule has 0 amide bonds. The number of benzene rings is 7. The number of fused-ring (bicyclic) bond motifs is 10. The average Bonchev–Trinajstić information content (AvgIpc) is 3.58. The molecular weight excluding hydrogens is 555 g/mol.